The van der Waals surface area contributed by atoms with Crippen LogP contribution in [0.5, 0.6) is 5.75 Å². The third kappa shape index (κ3) is 4.72. The molecule has 0 aliphatic rings. The standard InChI is InChI=1S/C24H21F3N4O4S/c1-35-23-17(25)13-20(21(26)22(23)27)36(33,34)30-16-7-8-18-15(12-16)9-10-31(18)19(24(32)29-28)11-14-5-3-2-4-6-14/h2-10,12-13,19,30H,11,28H2,1H3,(H,29,32). The van der Waals surface area contributed by atoms with Crippen molar-refractivity contribution in [2.75, 3.05) is 11.8 Å². The number of fused-ring (bicyclic) bond motifs is 1. The third-order valence-corrected chi connectivity index (χ3v) is 6.98. The molecular formula is C24H21F3N4O4S. The van der Waals surface area contributed by atoms with E-state index in [0.29, 0.717) is 23.4 Å². The average molecular weight is 519 g/mol. The van der Waals surface area contributed by atoms with Crippen LogP contribution in [0.25, 0.3) is 10.9 Å². The highest BCUT2D eigenvalue weighted by Crippen LogP contribution is 2.31. The number of rotatable bonds is 8. The number of aromatic nitrogens is 1. The van der Waals surface area contributed by atoms with Crippen LogP contribution in [0.4, 0.5) is 18.9 Å². The van der Waals surface area contributed by atoms with Crippen LogP contribution in [0.15, 0.2) is 71.8 Å². The van der Waals surface area contributed by atoms with E-state index in [-0.39, 0.29) is 5.69 Å². The summed E-state index contributed by atoms with van der Waals surface area (Å²) in [5.41, 5.74) is 3.67. The van der Waals surface area contributed by atoms with Crippen molar-refractivity contribution in [2.24, 2.45) is 5.84 Å². The van der Waals surface area contributed by atoms with Crippen molar-refractivity contribution in [3.05, 3.63) is 89.9 Å². The molecule has 0 saturated heterocycles. The number of hydrogen-bond donors (Lipinski definition) is 3. The number of carbonyl (C=O) groups excluding carboxylic acids is 1. The molecule has 1 heterocycles. The first-order valence-electron chi connectivity index (χ1n) is 10.6. The monoisotopic (exact) mass is 518 g/mol. The lowest BCUT2D eigenvalue weighted by molar-refractivity contribution is -0.124. The van der Waals surface area contributed by atoms with Crippen molar-refractivity contribution >= 4 is 32.5 Å². The van der Waals surface area contributed by atoms with Crippen LogP contribution < -0.4 is 20.7 Å². The van der Waals surface area contributed by atoms with Crippen LogP contribution in [0.3, 0.4) is 0 Å². The summed E-state index contributed by atoms with van der Waals surface area (Å²) in [4.78, 5) is 11.3. The summed E-state index contributed by atoms with van der Waals surface area (Å²) in [7, 11) is -3.77. The molecule has 4 rings (SSSR count). The second-order valence-corrected chi connectivity index (χ2v) is 9.48. The normalized spacial score (nSPS) is 12.4. The van der Waals surface area contributed by atoms with Gasteiger partial charge in [0.25, 0.3) is 15.9 Å². The summed E-state index contributed by atoms with van der Waals surface area (Å²) in [6.45, 7) is 0. The molecule has 0 aliphatic heterocycles. The number of sulfonamides is 1. The van der Waals surface area contributed by atoms with E-state index in [0.717, 1.165) is 12.7 Å². The van der Waals surface area contributed by atoms with E-state index in [1.165, 1.54) is 12.1 Å². The van der Waals surface area contributed by atoms with Crippen LogP contribution in [0.2, 0.25) is 0 Å². The first-order valence-corrected chi connectivity index (χ1v) is 12.0. The minimum atomic E-state index is -4.70. The molecule has 1 atom stereocenters. The van der Waals surface area contributed by atoms with E-state index in [4.69, 9.17) is 5.84 Å². The van der Waals surface area contributed by atoms with Crippen molar-refractivity contribution in [3.8, 4) is 5.75 Å². The molecule has 0 radical (unpaired) electrons. The highest BCUT2D eigenvalue weighted by atomic mass is 32.2. The predicted molar refractivity (Wildman–Crippen MR) is 127 cm³/mol. The van der Waals surface area contributed by atoms with E-state index < -0.39 is 50.1 Å². The minimum Gasteiger partial charge on any atom is -0.491 e. The molecule has 188 valence electrons. The largest absolute Gasteiger partial charge is 0.491 e. The van der Waals surface area contributed by atoms with E-state index in [2.05, 4.69) is 14.9 Å². The Hall–Kier alpha value is -4.03. The maximum Gasteiger partial charge on any atom is 0.265 e. The number of ether oxygens (including phenoxy) is 1. The third-order valence-electron chi connectivity index (χ3n) is 5.60. The summed E-state index contributed by atoms with van der Waals surface area (Å²) in [6, 6.07) is 15.0. The summed E-state index contributed by atoms with van der Waals surface area (Å²) in [5, 5.41) is 0.547. The molecule has 0 fully saturated rings. The summed E-state index contributed by atoms with van der Waals surface area (Å²) < 4.78 is 76.1. The van der Waals surface area contributed by atoms with Gasteiger partial charge in [-0.2, -0.15) is 4.39 Å². The van der Waals surface area contributed by atoms with Gasteiger partial charge in [-0.15, -0.1) is 0 Å². The number of methoxy groups -OCH3 is 1. The van der Waals surface area contributed by atoms with Gasteiger partial charge in [0.2, 0.25) is 5.82 Å². The van der Waals surface area contributed by atoms with Gasteiger partial charge in [0.1, 0.15) is 10.9 Å². The van der Waals surface area contributed by atoms with Crippen LogP contribution in [-0.4, -0.2) is 26.0 Å². The van der Waals surface area contributed by atoms with Crippen LogP contribution >= 0.6 is 0 Å². The zero-order valence-corrected chi connectivity index (χ0v) is 19.7. The Bertz CT molecular complexity index is 1540. The molecule has 3 aromatic carbocycles. The van der Waals surface area contributed by atoms with Gasteiger partial charge < -0.3 is 9.30 Å². The van der Waals surface area contributed by atoms with Gasteiger partial charge in [-0.25, -0.2) is 23.0 Å². The second kappa shape index (κ2) is 9.91. The fraction of sp³-hybridized carbons (Fsp3) is 0.125. The van der Waals surface area contributed by atoms with Gasteiger partial charge in [-0.1, -0.05) is 30.3 Å². The number of carbonyl (C=O) groups is 1. The van der Waals surface area contributed by atoms with Gasteiger partial charge >= 0.3 is 0 Å². The molecule has 1 aromatic heterocycles. The van der Waals surface area contributed by atoms with Gasteiger partial charge in [-0.3, -0.25) is 14.9 Å². The number of benzene rings is 3. The van der Waals surface area contributed by atoms with E-state index >= 15 is 0 Å². The number of nitrogens with zero attached hydrogens (tertiary/aromatic N) is 1. The van der Waals surface area contributed by atoms with Crippen molar-refractivity contribution in [3.63, 3.8) is 0 Å². The molecule has 1 amide bonds. The zero-order chi connectivity index (χ0) is 26.0. The molecule has 8 nitrogen and oxygen atoms in total. The SMILES string of the molecule is COc1c(F)cc(S(=O)(=O)Nc2ccc3c(ccn3C(Cc3ccccc3)C(=O)NN)c2)c(F)c1F. The summed E-state index contributed by atoms with van der Waals surface area (Å²) >= 11 is 0. The molecule has 4 N–H and O–H groups in total. The number of anilines is 1. The first kappa shape index (κ1) is 25.1. The van der Waals surface area contributed by atoms with Gasteiger partial charge in [0.05, 0.1) is 7.11 Å². The lowest BCUT2D eigenvalue weighted by atomic mass is 10.1. The average Bonchev–Trinajstić information content (AvgIpc) is 3.27. The molecule has 12 heteroatoms. The zero-order valence-electron chi connectivity index (χ0n) is 18.8. The van der Waals surface area contributed by atoms with Gasteiger partial charge in [-0.05, 0) is 29.8 Å². The fourth-order valence-electron chi connectivity index (χ4n) is 3.90. The first-order chi connectivity index (χ1) is 17.2. The smallest absolute Gasteiger partial charge is 0.265 e. The highest BCUT2D eigenvalue weighted by Gasteiger charge is 2.28. The maximum atomic E-state index is 14.4. The van der Waals surface area contributed by atoms with Crippen molar-refractivity contribution in [1.29, 1.82) is 0 Å². The molecule has 0 saturated carbocycles. The topological polar surface area (TPSA) is 115 Å². The molecule has 1 unspecified atom stereocenters. The molecule has 4 aromatic rings. The van der Waals surface area contributed by atoms with E-state index in [1.807, 2.05) is 30.3 Å². The lowest BCUT2D eigenvalue weighted by Crippen LogP contribution is -2.38. The van der Waals surface area contributed by atoms with Gasteiger partial charge in [0, 0.05) is 35.3 Å². The quantitative estimate of drug-likeness (QED) is 0.143. The summed E-state index contributed by atoms with van der Waals surface area (Å²) in [6.07, 6.45) is 2.00. The Morgan fingerprint density at radius 1 is 1.06 bits per heavy atom. The van der Waals surface area contributed by atoms with Crippen molar-refractivity contribution in [2.45, 2.75) is 17.4 Å². The Morgan fingerprint density at radius 3 is 2.44 bits per heavy atom. The van der Waals surface area contributed by atoms with Crippen molar-refractivity contribution in [1.82, 2.24) is 9.99 Å². The van der Waals surface area contributed by atoms with Crippen LogP contribution in [0, 0.1) is 17.5 Å². The van der Waals surface area contributed by atoms with Crippen molar-refractivity contribution < 1.29 is 31.1 Å². The molecule has 0 aliphatic carbocycles. The van der Waals surface area contributed by atoms with E-state index in [9.17, 15) is 26.4 Å². The fourth-order valence-corrected chi connectivity index (χ4v) is 5.03. The Kier molecular flexibility index (Phi) is 6.91. The number of hydrogen-bond acceptors (Lipinski definition) is 5. The Balaban J connectivity index is 1.67. The Labute approximate surface area is 204 Å². The number of amides is 1. The Morgan fingerprint density at radius 2 is 1.78 bits per heavy atom. The molecule has 36 heavy (non-hydrogen) atoms. The number of nitrogens with one attached hydrogen (secondary N) is 2. The molecular weight excluding hydrogens is 497 g/mol. The van der Waals surface area contributed by atoms with Crippen LogP contribution in [-0.2, 0) is 21.2 Å². The molecule has 0 spiro atoms. The molecule has 0 bridgehead atoms. The number of hydrazine groups is 1. The number of halogens is 3. The minimum absolute atomic E-state index is 0.0131. The predicted octanol–water partition coefficient (Wildman–Crippen LogP) is 3.64. The second-order valence-electron chi connectivity index (χ2n) is 7.83. The summed E-state index contributed by atoms with van der Waals surface area (Å²) in [5.74, 6) is -0.960. The maximum absolute atomic E-state index is 14.4. The lowest BCUT2D eigenvalue weighted by Gasteiger charge is -2.19. The number of nitrogens with two attached hydrogens (primary N) is 1. The van der Waals surface area contributed by atoms with Gasteiger partial charge in [0.15, 0.2) is 17.4 Å². The van der Waals surface area contributed by atoms with E-state index in [1.54, 1.807) is 22.9 Å². The highest BCUT2D eigenvalue weighted by molar-refractivity contribution is 7.92. The van der Waals surface area contributed by atoms with Crippen LogP contribution in [0.1, 0.15) is 11.6 Å².